The number of ether oxygens (including phenoxy) is 3. The first-order chi connectivity index (χ1) is 13.0. The van der Waals surface area contributed by atoms with Gasteiger partial charge in [-0.25, -0.2) is 9.78 Å². The molecule has 1 fully saturated rings. The van der Waals surface area contributed by atoms with Gasteiger partial charge in [0.2, 0.25) is 0 Å². The Morgan fingerprint density at radius 1 is 1.19 bits per heavy atom. The average Bonchev–Trinajstić information content (AvgIpc) is 3.42. The molecule has 0 unspecified atom stereocenters. The van der Waals surface area contributed by atoms with Crippen molar-refractivity contribution in [2.24, 2.45) is 0 Å². The summed E-state index contributed by atoms with van der Waals surface area (Å²) in [6, 6.07) is 5.31. The lowest BCUT2D eigenvalue weighted by Crippen LogP contribution is -2.32. The summed E-state index contributed by atoms with van der Waals surface area (Å²) in [5, 5.41) is 2.37. The van der Waals surface area contributed by atoms with Crippen molar-refractivity contribution >= 4 is 23.2 Å². The summed E-state index contributed by atoms with van der Waals surface area (Å²) in [5.41, 5.74) is 0.781. The number of carbonyl (C=O) groups excluding carboxylic acids is 2. The van der Waals surface area contributed by atoms with Crippen molar-refractivity contribution in [2.75, 3.05) is 20.8 Å². The molecule has 1 aromatic carbocycles. The van der Waals surface area contributed by atoms with Crippen LogP contribution >= 0.6 is 11.3 Å². The third kappa shape index (κ3) is 4.57. The lowest BCUT2D eigenvalue weighted by atomic mass is 10.1. The molecule has 8 heteroatoms. The number of amides is 1. The van der Waals surface area contributed by atoms with Crippen molar-refractivity contribution in [3.63, 3.8) is 0 Å². The average molecular weight is 390 g/mol. The molecular formula is C19H22N2O5S. The Morgan fingerprint density at radius 3 is 2.41 bits per heavy atom. The van der Waals surface area contributed by atoms with Crippen molar-refractivity contribution in [2.45, 2.75) is 32.4 Å². The van der Waals surface area contributed by atoms with E-state index in [-0.39, 0.29) is 17.6 Å². The Balaban J connectivity index is 1.80. The van der Waals surface area contributed by atoms with Crippen LogP contribution in [0, 0.1) is 0 Å². The molecule has 1 aliphatic carbocycles. The standard InChI is InChI=1S/C19H22N2O5S/c1-4-26-19(23)16-11-27-17(20-16)10-21(13-5-6-13)18(22)12-7-14(24-2)9-15(8-12)25-3/h7-9,11,13H,4-6,10H2,1-3H3. The Hall–Kier alpha value is -2.61. The van der Waals surface area contributed by atoms with E-state index in [0.29, 0.717) is 35.2 Å². The van der Waals surface area contributed by atoms with E-state index in [9.17, 15) is 9.59 Å². The molecule has 0 radical (unpaired) electrons. The largest absolute Gasteiger partial charge is 0.497 e. The quantitative estimate of drug-likeness (QED) is 0.645. The van der Waals surface area contributed by atoms with Crippen LogP contribution in [0.2, 0.25) is 0 Å². The van der Waals surface area contributed by atoms with Gasteiger partial charge < -0.3 is 19.1 Å². The van der Waals surface area contributed by atoms with Crippen LogP contribution in [0.3, 0.4) is 0 Å². The Bertz CT molecular complexity index is 809. The fourth-order valence-corrected chi connectivity index (χ4v) is 3.44. The molecule has 27 heavy (non-hydrogen) atoms. The van der Waals surface area contributed by atoms with Crippen LogP contribution in [0.15, 0.2) is 23.6 Å². The Kier molecular flexibility index (Phi) is 5.95. The number of esters is 1. The highest BCUT2D eigenvalue weighted by Crippen LogP contribution is 2.32. The first-order valence-electron chi connectivity index (χ1n) is 8.71. The Labute approximate surface area is 161 Å². The third-order valence-electron chi connectivity index (χ3n) is 4.19. The molecule has 1 amide bonds. The molecule has 7 nitrogen and oxygen atoms in total. The summed E-state index contributed by atoms with van der Waals surface area (Å²) in [6.07, 6.45) is 1.92. The molecule has 0 N–H and O–H groups in total. The number of carbonyl (C=O) groups is 2. The fraction of sp³-hybridized carbons (Fsp3) is 0.421. The third-order valence-corrected chi connectivity index (χ3v) is 5.02. The smallest absolute Gasteiger partial charge is 0.357 e. The maximum Gasteiger partial charge on any atom is 0.357 e. The molecule has 2 aromatic rings. The molecule has 0 saturated heterocycles. The van der Waals surface area contributed by atoms with Gasteiger partial charge in [0.1, 0.15) is 16.5 Å². The minimum absolute atomic E-state index is 0.109. The minimum Gasteiger partial charge on any atom is -0.497 e. The topological polar surface area (TPSA) is 78.0 Å². The van der Waals surface area contributed by atoms with Gasteiger partial charge in [-0.05, 0) is 31.9 Å². The summed E-state index contributed by atoms with van der Waals surface area (Å²) in [5.74, 6) is 0.573. The molecule has 1 heterocycles. The van der Waals surface area contributed by atoms with E-state index in [2.05, 4.69) is 4.98 Å². The molecule has 0 spiro atoms. The highest BCUT2D eigenvalue weighted by Gasteiger charge is 2.34. The zero-order valence-corrected chi connectivity index (χ0v) is 16.4. The van der Waals surface area contributed by atoms with Gasteiger partial charge in [0, 0.05) is 23.1 Å². The van der Waals surface area contributed by atoms with Crippen molar-refractivity contribution in [1.82, 2.24) is 9.88 Å². The van der Waals surface area contributed by atoms with Crippen molar-refractivity contribution in [3.8, 4) is 11.5 Å². The predicted octanol–water partition coefficient (Wildman–Crippen LogP) is 3.14. The number of thiazole rings is 1. The van der Waals surface area contributed by atoms with Crippen molar-refractivity contribution in [3.05, 3.63) is 39.8 Å². The maximum absolute atomic E-state index is 13.1. The molecule has 0 atom stereocenters. The molecule has 0 bridgehead atoms. The zero-order valence-electron chi connectivity index (χ0n) is 15.6. The summed E-state index contributed by atoms with van der Waals surface area (Å²) in [4.78, 5) is 31.0. The summed E-state index contributed by atoms with van der Waals surface area (Å²) in [7, 11) is 3.10. The number of benzene rings is 1. The second-order valence-electron chi connectivity index (χ2n) is 6.11. The van der Waals surface area contributed by atoms with Crippen LogP contribution in [-0.2, 0) is 11.3 Å². The van der Waals surface area contributed by atoms with Gasteiger partial charge in [-0.1, -0.05) is 0 Å². The normalized spacial score (nSPS) is 13.1. The maximum atomic E-state index is 13.1. The summed E-state index contributed by atoms with van der Waals surface area (Å²) in [6.45, 7) is 2.41. The van der Waals surface area contributed by atoms with Crippen LogP contribution in [0.4, 0.5) is 0 Å². The second-order valence-corrected chi connectivity index (χ2v) is 7.06. The fourth-order valence-electron chi connectivity index (χ4n) is 2.68. The zero-order chi connectivity index (χ0) is 19.4. The van der Waals surface area contributed by atoms with Crippen molar-refractivity contribution < 1.29 is 23.8 Å². The molecule has 1 aliphatic rings. The lowest BCUT2D eigenvalue weighted by molar-refractivity contribution is 0.0520. The van der Waals surface area contributed by atoms with E-state index >= 15 is 0 Å². The van der Waals surface area contributed by atoms with Crippen molar-refractivity contribution in [1.29, 1.82) is 0 Å². The predicted molar refractivity (Wildman–Crippen MR) is 101 cm³/mol. The highest BCUT2D eigenvalue weighted by atomic mass is 32.1. The number of rotatable bonds is 8. The van der Waals surface area contributed by atoms with E-state index in [1.54, 1.807) is 49.6 Å². The summed E-state index contributed by atoms with van der Waals surface area (Å²) >= 11 is 1.35. The monoisotopic (exact) mass is 390 g/mol. The first kappa shape index (κ1) is 19.2. The van der Waals surface area contributed by atoms with Crippen LogP contribution in [0.1, 0.15) is 45.6 Å². The summed E-state index contributed by atoms with van der Waals surface area (Å²) < 4.78 is 15.5. The van der Waals surface area contributed by atoms with E-state index in [4.69, 9.17) is 14.2 Å². The molecule has 1 aromatic heterocycles. The van der Waals surface area contributed by atoms with Crippen LogP contribution in [0.25, 0.3) is 0 Å². The SMILES string of the molecule is CCOC(=O)c1csc(CN(C(=O)c2cc(OC)cc(OC)c2)C2CC2)n1. The van der Waals surface area contributed by atoms with Gasteiger partial charge in [-0.2, -0.15) is 0 Å². The van der Waals surface area contributed by atoms with E-state index in [1.165, 1.54) is 11.3 Å². The van der Waals surface area contributed by atoms with Crippen LogP contribution in [0.5, 0.6) is 11.5 Å². The number of methoxy groups -OCH3 is 2. The highest BCUT2D eigenvalue weighted by molar-refractivity contribution is 7.09. The second kappa shape index (κ2) is 8.39. The molecule has 144 valence electrons. The number of hydrogen-bond donors (Lipinski definition) is 0. The van der Waals surface area contributed by atoms with Gasteiger partial charge in [0.15, 0.2) is 5.69 Å². The van der Waals surface area contributed by atoms with E-state index in [0.717, 1.165) is 12.8 Å². The molecule has 1 saturated carbocycles. The van der Waals surface area contributed by atoms with Gasteiger partial charge >= 0.3 is 5.97 Å². The van der Waals surface area contributed by atoms with Gasteiger partial charge in [0.05, 0.1) is 27.4 Å². The molecule has 0 aliphatic heterocycles. The Morgan fingerprint density at radius 2 is 1.85 bits per heavy atom. The molecule has 3 rings (SSSR count). The number of hydrogen-bond acceptors (Lipinski definition) is 7. The van der Waals surface area contributed by atoms with Gasteiger partial charge in [-0.15, -0.1) is 11.3 Å². The van der Waals surface area contributed by atoms with Crippen LogP contribution < -0.4 is 9.47 Å². The number of aromatic nitrogens is 1. The minimum atomic E-state index is -0.443. The van der Waals surface area contributed by atoms with Crippen LogP contribution in [-0.4, -0.2) is 48.6 Å². The van der Waals surface area contributed by atoms with E-state index < -0.39 is 5.97 Å². The lowest BCUT2D eigenvalue weighted by Gasteiger charge is -2.22. The van der Waals surface area contributed by atoms with Gasteiger partial charge in [0.25, 0.3) is 5.91 Å². The van der Waals surface area contributed by atoms with E-state index in [1.807, 2.05) is 0 Å². The first-order valence-corrected chi connectivity index (χ1v) is 9.59. The van der Waals surface area contributed by atoms with Gasteiger partial charge in [-0.3, -0.25) is 4.79 Å². The number of nitrogens with zero attached hydrogens (tertiary/aromatic N) is 2. The molecular weight excluding hydrogens is 368 g/mol.